The molecule has 0 aliphatic heterocycles. The number of amides is 3. The molecule has 0 radical (unpaired) electrons. The maximum Gasteiger partial charge on any atom is 0.326 e. The molecular weight excluding hydrogens is 582 g/mol. The molecule has 3 rings (SSSR count). The topological polar surface area (TPSA) is 264 Å². The van der Waals surface area contributed by atoms with E-state index < -0.39 is 47.9 Å². The molecule has 240 valence electrons. The Balaban J connectivity index is 1.79. The van der Waals surface area contributed by atoms with Gasteiger partial charge in [-0.1, -0.05) is 42.5 Å². The molecule has 0 spiro atoms. The number of hydrogen-bond acceptors (Lipinski definition) is 8. The molecule has 15 nitrogen and oxygen atoms in total. The first-order valence-corrected chi connectivity index (χ1v) is 14.3. The van der Waals surface area contributed by atoms with E-state index in [1.54, 1.807) is 42.5 Å². The maximum atomic E-state index is 13.7. The highest BCUT2D eigenvalue weighted by Crippen LogP contribution is 2.13. The summed E-state index contributed by atoms with van der Waals surface area (Å²) in [5.41, 5.74) is 18.8. The number of carbonyl (C=O) groups excluding carboxylic acids is 3. The Kier molecular flexibility index (Phi) is 12.9. The number of imidazole rings is 1. The minimum Gasteiger partial charge on any atom is -0.508 e. The molecule has 0 saturated carbocycles. The molecule has 0 aliphatic carbocycles. The van der Waals surface area contributed by atoms with Crippen LogP contribution in [0.4, 0.5) is 0 Å². The molecule has 0 aliphatic rings. The Morgan fingerprint density at radius 2 is 1.42 bits per heavy atom. The number of carboxylic acids is 1. The van der Waals surface area contributed by atoms with Gasteiger partial charge < -0.3 is 48.3 Å². The van der Waals surface area contributed by atoms with Crippen LogP contribution in [0.5, 0.6) is 5.75 Å². The van der Waals surface area contributed by atoms with Crippen LogP contribution in [-0.2, 0) is 38.4 Å². The van der Waals surface area contributed by atoms with Crippen LogP contribution in [0.3, 0.4) is 0 Å². The Labute approximate surface area is 259 Å². The van der Waals surface area contributed by atoms with Crippen LogP contribution in [0.15, 0.2) is 72.1 Å². The Morgan fingerprint density at radius 1 is 0.822 bits per heavy atom. The second-order valence-corrected chi connectivity index (χ2v) is 10.4. The lowest BCUT2D eigenvalue weighted by Crippen LogP contribution is -2.58. The van der Waals surface area contributed by atoms with Crippen molar-refractivity contribution in [2.24, 2.45) is 22.2 Å². The van der Waals surface area contributed by atoms with Crippen molar-refractivity contribution in [2.75, 3.05) is 6.54 Å². The van der Waals surface area contributed by atoms with Crippen molar-refractivity contribution in [3.63, 3.8) is 0 Å². The molecule has 0 bridgehead atoms. The van der Waals surface area contributed by atoms with Crippen molar-refractivity contribution < 1.29 is 29.4 Å². The van der Waals surface area contributed by atoms with Gasteiger partial charge in [0.2, 0.25) is 17.7 Å². The van der Waals surface area contributed by atoms with Gasteiger partial charge in [0.05, 0.1) is 12.4 Å². The number of nitrogens with one attached hydrogen (secondary N) is 4. The van der Waals surface area contributed by atoms with Gasteiger partial charge >= 0.3 is 5.97 Å². The lowest BCUT2D eigenvalue weighted by Gasteiger charge is -2.25. The Morgan fingerprint density at radius 3 is 2.04 bits per heavy atom. The molecule has 0 fully saturated rings. The number of nitrogens with zero attached hydrogens (tertiary/aromatic N) is 2. The highest BCUT2D eigenvalue weighted by Gasteiger charge is 2.30. The van der Waals surface area contributed by atoms with E-state index in [9.17, 15) is 29.4 Å². The van der Waals surface area contributed by atoms with Gasteiger partial charge in [0, 0.05) is 37.7 Å². The molecule has 3 aromatic rings. The number of aromatic amines is 1. The number of aliphatic imine (C=N–C) groups is 1. The average molecular weight is 622 g/mol. The smallest absolute Gasteiger partial charge is 0.326 e. The fourth-order valence-corrected chi connectivity index (χ4v) is 4.45. The van der Waals surface area contributed by atoms with Crippen molar-refractivity contribution in [3.05, 3.63) is 83.9 Å². The summed E-state index contributed by atoms with van der Waals surface area (Å²) in [6.07, 6.45) is 3.47. The number of phenols is 1. The number of aromatic nitrogens is 2. The summed E-state index contributed by atoms with van der Waals surface area (Å²) in [5.74, 6) is -3.43. The number of hydrogen-bond donors (Lipinski definition) is 9. The van der Waals surface area contributed by atoms with E-state index >= 15 is 0 Å². The highest BCUT2D eigenvalue weighted by atomic mass is 16.4. The predicted octanol–water partition coefficient (Wildman–Crippen LogP) is -0.937. The molecule has 1 aromatic heterocycles. The summed E-state index contributed by atoms with van der Waals surface area (Å²) in [5, 5.41) is 27.3. The molecule has 3 amide bonds. The normalized spacial score (nSPS) is 13.4. The van der Waals surface area contributed by atoms with Crippen molar-refractivity contribution in [1.29, 1.82) is 0 Å². The van der Waals surface area contributed by atoms with E-state index in [1.807, 2.05) is 0 Å². The van der Waals surface area contributed by atoms with E-state index in [1.165, 1.54) is 24.7 Å². The third kappa shape index (κ3) is 11.6. The van der Waals surface area contributed by atoms with Gasteiger partial charge in [-0.15, -0.1) is 0 Å². The summed E-state index contributed by atoms with van der Waals surface area (Å²) in [7, 11) is 0. The van der Waals surface area contributed by atoms with Crippen LogP contribution >= 0.6 is 0 Å². The Hall–Kier alpha value is -5.44. The quantitative estimate of drug-likeness (QED) is 0.0507. The molecule has 4 unspecified atom stereocenters. The largest absolute Gasteiger partial charge is 0.508 e. The third-order valence-corrected chi connectivity index (χ3v) is 6.82. The SMILES string of the molecule is NC(N)=NCCCC(NC(=O)C(Cc1ccc(O)cc1)NC(=O)C(N)Cc1cnc[nH]1)C(=O)NC(Cc1ccccc1)C(=O)O. The fourth-order valence-electron chi connectivity index (χ4n) is 4.45. The van der Waals surface area contributed by atoms with Gasteiger partial charge in [-0.25, -0.2) is 9.78 Å². The van der Waals surface area contributed by atoms with Gasteiger partial charge in [0.1, 0.15) is 23.9 Å². The van der Waals surface area contributed by atoms with Crippen LogP contribution in [0.1, 0.15) is 29.7 Å². The number of aliphatic carboxylic acids is 1. The maximum absolute atomic E-state index is 13.7. The monoisotopic (exact) mass is 621 g/mol. The van der Waals surface area contributed by atoms with Gasteiger partial charge in [-0.2, -0.15) is 0 Å². The minimum absolute atomic E-state index is 0.00271. The van der Waals surface area contributed by atoms with Crippen molar-refractivity contribution >= 4 is 29.7 Å². The number of rotatable bonds is 17. The minimum atomic E-state index is -1.27. The summed E-state index contributed by atoms with van der Waals surface area (Å²) in [4.78, 5) is 62.8. The first-order chi connectivity index (χ1) is 21.5. The van der Waals surface area contributed by atoms with Crippen LogP contribution in [0.2, 0.25) is 0 Å². The standard InChI is InChI=1S/C30H39N9O6/c31-22(15-20-16-34-17-36-20)26(41)38-24(13-19-8-10-21(40)11-9-19)28(43)37-23(7-4-12-35-30(32)33)27(42)39-25(29(44)45)14-18-5-2-1-3-6-18/h1-3,5-6,8-11,16-17,22-25,40H,4,7,12-15,31H2,(H,34,36)(H,37,43)(H,38,41)(H,39,42)(H,44,45)(H4,32,33,35). The molecule has 15 heteroatoms. The molecule has 45 heavy (non-hydrogen) atoms. The first-order valence-electron chi connectivity index (χ1n) is 14.3. The van der Waals surface area contributed by atoms with Crippen LogP contribution in [0.25, 0.3) is 0 Å². The molecule has 1 heterocycles. The number of carbonyl (C=O) groups is 4. The lowest BCUT2D eigenvalue weighted by atomic mass is 10.0. The van der Waals surface area contributed by atoms with E-state index in [-0.39, 0.29) is 50.4 Å². The Bertz CT molecular complexity index is 1430. The molecule has 12 N–H and O–H groups in total. The lowest BCUT2D eigenvalue weighted by molar-refractivity contribution is -0.142. The summed E-state index contributed by atoms with van der Waals surface area (Å²) in [6, 6.07) is 10.2. The number of benzene rings is 2. The predicted molar refractivity (Wildman–Crippen MR) is 166 cm³/mol. The van der Waals surface area contributed by atoms with Crippen LogP contribution in [0, 0.1) is 0 Å². The number of aromatic hydroxyl groups is 1. The zero-order chi connectivity index (χ0) is 32.8. The van der Waals surface area contributed by atoms with Crippen LogP contribution in [-0.4, -0.2) is 80.5 Å². The molecule has 0 saturated heterocycles. The van der Waals surface area contributed by atoms with Crippen molar-refractivity contribution in [1.82, 2.24) is 25.9 Å². The average Bonchev–Trinajstić information content (AvgIpc) is 3.52. The second-order valence-electron chi connectivity index (χ2n) is 10.4. The summed E-state index contributed by atoms with van der Waals surface area (Å²) >= 11 is 0. The van der Waals surface area contributed by atoms with Crippen molar-refractivity contribution in [3.8, 4) is 5.75 Å². The number of phenolic OH excluding ortho intramolecular Hbond substituents is 1. The van der Waals surface area contributed by atoms with Gasteiger partial charge in [-0.05, 0) is 36.1 Å². The first kappa shape index (κ1) is 34.1. The third-order valence-electron chi connectivity index (χ3n) is 6.82. The number of guanidine groups is 1. The highest BCUT2D eigenvalue weighted by molar-refractivity contribution is 5.94. The zero-order valence-corrected chi connectivity index (χ0v) is 24.6. The fraction of sp³-hybridized carbons (Fsp3) is 0.333. The van der Waals surface area contributed by atoms with E-state index in [0.29, 0.717) is 16.8 Å². The molecule has 4 atom stereocenters. The van der Waals surface area contributed by atoms with Gasteiger partial charge in [-0.3, -0.25) is 19.4 Å². The van der Waals surface area contributed by atoms with Crippen molar-refractivity contribution in [2.45, 2.75) is 56.3 Å². The van der Waals surface area contributed by atoms with Gasteiger partial charge in [0.15, 0.2) is 5.96 Å². The summed E-state index contributed by atoms with van der Waals surface area (Å²) < 4.78 is 0. The van der Waals surface area contributed by atoms with E-state index in [0.717, 1.165) is 0 Å². The molecule has 2 aromatic carbocycles. The summed E-state index contributed by atoms with van der Waals surface area (Å²) in [6.45, 7) is 0.157. The number of nitrogens with two attached hydrogens (primary N) is 3. The van der Waals surface area contributed by atoms with Gasteiger partial charge in [0.25, 0.3) is 0 Å². The zero-order valence-electron chi connectivity index (χ0n) is 24.6. The van der Waals surface area contributed by atoms with E-state index in [4.69, 9.17) is 17.2 Å². The molecular formula is C30H39N9O6. The van der Waals surface area contributed by atoms with E-state index in [2.05, 4.69) is 30.9 Å². The van der Waals surface area contributed by atoms with Crippen LogP contribution < -0.4 is 33.2 Å². The second kappa shape index (κ2) is 17.0. The number of carboxylic acid groups (broad SMARTS) is 1. The number of H-pyrrole nitrogens is 1.